The van der Waals surface area contributed by atoms with E-state index in [9.17, 15) is 4.79 Å². The van der Waals surface area contributed by atoms with Crippen LogP contribution in [0.25, 0.3) is 0 Å². The summed E-state index contributed by atoms with van der Waals surface area (Å²) in [5.41, 5.74) is 5.88. The van der Waals surface area contributed by atoms with Crippen LogP contribution in [0.1, 0.15) is 5.56 Å². The van der Waals surface area contributed by atoms with Gasteiger partial charge in [0, 0.05) is 0 Å². The number of hydrogen-bond acceptors (Lipinski definition) is 2. The first-order chi connectivity index (χ1) is 5.68. The summed E-state index contributed by atoms with van der Waals surface area (Å²) < 4.78 is 0. The molecule has 1 rings (SSSR count). The Morgan fingerprint density at radius 3 is 2.50 bits per heavy atom. The molecule has 0 spiro atoms. The molecule has 0 aromatic heterocycles. The number of carbonyl (C=O) groups is 1. The molecule has 0 bridgehead atoms. The first kappa shape index (κ1) is 8.59. The fourth-order valence-corrected chi connectivity index (χ4v) is 0.850. The Labute approximate surface area is 70.8 Å². The van der Waals surface area contributed by atoms with Gasteiger partial charge >= 0.3 is 0 Å². The second-order valence-corrected chi connectivity index (χ2v) is 2.48. The van der Waals surface area contributed by atoms with Gasteiger partial charge in [-0.15, -0.1) is 0 Å². The van der Waals surface area contributed by atoms with Crippen LogP contribution in [0.5, 0.6) is 5.75 Å². The quantitative estimate of drug-likeness (QED) is 0.688. The molecular formula is C9H10NO2. The van der Waals surface area contributed by atoms with Crippen LogP contribution in [0.4, 0.5) is 0 Å². The van der Waals surface area contributed by atoms with Crippen molar-refractivity contribution in [3.63, 3.8) is 0 Å². The molecule has 0 aliphatic heterocycles. The molecule has 1 amide bonds. The molecule has 0 fully saturated rings. The summed E-state index contributed by atoms with van der Waals surface area (Å²) >= 11 is 0. The Hall–Kier alpha value is -1.51. The second kappa shape index (κ2) is 3.76. The number of aromatic hydroxyl groups is 1. The standard InChI is InChI=1S/C9H10NO2/c10-9(12)6-3-7-1-4-8(11)5-2-7/h1-2,4-6,11H,3H2,(H2,10,12). The molecule has 3 heteroatoms. The highest BCUT2D eigenvalue weighted by Crippen LogP contribution is 2.10. The molecule has 63 valence electrons. The fourth-order valence-electron chi connectivity index (χ4n) is 0.850. The zero-order chi connectivity index (χ0) is 8.97. The minimum Gasteiger partial charge on any atom is -0.508 e. The number of rotatable bonds is 3. The Bertz CT molecular complexity index is 266. The van der Waals surface area contributed by atoms with E-state index in [-0.39, 0.29) is 5.75 Å². The highest BCUT2D eigenvalue weighted by atomic mass is 16.3. The van der Waals surface area contributed by atoms with Crippen molar-refractivity contribution in [3.05, 3.63) is 36.2 Å². The molecule has 1 aromatic carbocycles. The number of benzene rings is 1. The Morgan fingerprint density at radius 2 is 2.00 bits per heavy atom. The minimum atomic E-state index is -0.428. The highest BCUT2D eigenvalue weighted by molar-refractivity contribution is 5.83. The minimum absolute atomic E-state index is 0.220. The van der Waals surface area contributed by atoms with Crippen molar-refractivity contribution in [2.45, 2.75) is 6.42 Å². The monoisotopic (exact) mass is 164 g/mol. The summed E-state index contributed by atoms with van der Waals surface area (Å²) in [5, 5.41) is 8.93. The Balaban J connectivity index is 2.53. The van der Waals surface area contributed by atoms with Crippen LogP contribution in [0.15, 0.2) is 24.3 Å². The van der Waals surface area contributed by atoms with Crippen LogP contribution in [0.2, 0.25) is 0 Å². The van der Waals surface area contributed by atoms with Gasteiger partial charge in [0.25, 0.3) is 0 Å². The number of nitrogens with two attached hydrogens (primary N) is 1. The van der Waals surface area contributed by atoms with Crippen molar-refractivity contribution < 1.29 is 9.90 Å². The van der Waals surface area contributed by atoms with Crippen molar-refractivity contribution in [2.24, 2.45) is 5.73 Å². The first-order valence-electron chi connectivity index (χ1n) is 3.59. The first-order valence-corrected chi connectivity index (χ1v) is 3.59. The lowest BCUT2D eigenvalue weighted by Gasteiger charge is -1.97. The van der Waals surface area contributed by atoms with Gasteiger partial charge in [-0.05, 0) is 24.1 Å². The van der Waals surface area contributed by atoms with Crippen molar-refractivity contribution in [1.82, 2.24) is 0 Å². The van der Waals surface area contributed by atoms with Gasteiger partial charge in [0.1, 0.15) is 5.75 Å². The molecule has 0 aliphatic rings. The summed E-state index contributed by atoms with van der Waals surface area (Å²) in [6, 6.07) is 6.64. The van der Waals surface area contributed by atoms with Crippen LogP contribution >= 0.6 is 0 Å². The van der Waals surface area contributed by atoms with Gasteiger partial charge < -0.3 is 10.8 Å². The van der Waals surface area contributed by atoms with E-state index >= 15 is 0 Å². The molecule has 0 aliphatic carbocycles. The van der Waals surface area contributed by atoms with Gasteiger partial charge in [0.15, 0.2) is 0 Å². The van der Waals surface area contributed by atoms with E-state index in [1.165, 1.54) is 6.42 Å². The largest absolute Gasteiger partial charge is 0.508 e. The van der Waals surface area contributed by atoms with E-state index in [0.29, 0.717) is 6.42 Å². The molecule has 12 heavy (non-hydrogen) atoms. The molecule has 0 saturated carbocycles. The summed E-state index contributed by atoms with van der Waals surface area (Å²) in [7, 11) is 0. The maximum atomic E-state index is 10.4. The Kier molecular flexibility index (Phi) is 2.69. The summed E-state index contributed by atoms with van der Waals surface area (Å²) in [4.78, 5) is 10.4. The maximum absolute atomic E-state index is 10.4. The summed E-state index contributed by atoms with van der Waals surface area (Å²) in [6.45, 7) is 0. The number of amides is 1. The molecule has 0 atom stereocenters. The van der Waals surface area contributed by atoms with Gasteiger partial charge in [-0.25, -0.2) is 0 Å². The van der Waals surface area contributed by atoms with E-state index in [1.807, 2.05) is 0 Å². The van der Waals surface area contributed by atoms with Gasteiger partial charge in [-0.1, -0.05) is 12.1 Å². The molecular weight excluding hydrogens is 154 g/mol. The van der Waals surface area contributed by atoms with Crippen LogP contribution in [0, 0.1) is 6.42 Å². The smallest absolute Gasteiger partial charge is 0.221 e. The van der Waals surface area contributed by atoms with E-state index in [2.05, 4.69) is 0 Å². The number of phenolic OH excluding ortho intramolecular Hbond substituents is 1. The van der Waals surface area contributed by atoms with Gasteiger partial charge in [-0.3, -0.25) is 4.79 Å². The molecule has 0 unspecified atom stereocenters. The van der Waals surface area contributed by atoms with Crippen LogP contribution < -0.4 is 5.73 Å². The second-order valence-electron chi connectivity index (χ2n) is 2.48. The third kappa shape index (κ3) is 2.62. The van der Waals surface area contributed by atoms with Crippen molar-refractivity contribution in [3.8, 4) is 5.75 Å². The van der Waals surface area contributed by atoms with E-state index in [1.54, 1.807) is 24.3 Å². The van der Waals surface area contributed by atoms with Crippen LogP contribution in [-0.4, -0.2) is 11.0 Å². The number of carbonyl (C=O) groups excluding carboxylic acids is 1. The van der Waals surface area contributed by atoms with E-state index < -0.39 is 5.91 Å². The summed E-state index contributed by atoms with van der Waals surface area (Å²) in [5.74, 6) is -0.207. The molecule has 0 heterocycles. The van der Waals surface area contributed by atoms with Crippen molar-refractivity contribution in [1.29, 1.82) is 0 Å². The topological polar surface area (TPSA) is 63.3 Å². The van der Waals surface area contributed by atoms with Crippen molar-refractivity contribution in [2.75, 3.05) is 0 Å². The van der Waals surface area contributed by atoms with E-state index in [0.717, 1.165) is 5.56 Å². The van der Waals surface area contributed by atoms with Gasteiger partial charge in [0.05, 0.1) is 6.42 Å². The van der Waals surface area contributed by atoms with Crippen LogP contribution in [0.3, 0.4) is 0 Å². The van der Waals surface area contributed by atoms with Crippen LogP contribution in [-0.2, 0) is 11.2 Å². The Morgan fingerprint density at radius 1 is 1.42 bits per heavy atom. The van der Waals surface area contributed by atoms with Gasteiger partial charge in [0.2, 0.25) is 5.91 Å². The third-order valence-electron chi connectivity index (χ3n) is 1.48. The molecule has 0 saturated heterocycles. The number of primary amides is 1. The molecule has 1 aromatic rings. The number of hydrogen-bond donors (Lipinski definition) is 2. The SMILES string of the molecule is NC(=O)[CH]Cc1ccc(O)cc1. The van der Waals surface area contributed by atoms with Gasteiger partial charge in [-0.2, -0.15) is 0 Å². The third-order valence-corrected chi connectivity index (χ3v) is 1.48. The highest BCUT2D eigenvalue weighted by Gasteiger charge is 1.97. The van der Waals surface area contributed by atoms with Crippen molar-refractivity contribution >= 4 is 5.91 Å². The predicted octanol–water partition coefficient (Wildman–Crippen LogP) is 0.624. The average molecular weight is 164 g/mol. The lowest BCUT2D eigenvalue weighted by Crippen LogP contribution is -2.11. The fraction of sp³-hybridized carbons (Fsp3) is 0.111. The lowest BCUT2D eigenvalue weighted by atomic mass is 10.1. The molecule has 3 nitrogen and oxygen atoms in total. The molecule has 1 radical (unpaired) electrons. The maximum Gasteiger partial charge on any atom is 0.221 e. The summed E-state index contributed by atoms with van der Waals surface area (Å²) in [6.07, 6.45) is 1.90. The lowest BCUT2D eigenvalue weighted by molar-refractivity contribution is -0.115. The normalized spacial score (nSPS) is 9.67. The zero-order valence-electron chi connectivity index (χ0n) is 6.53. The van der Waals surface area contributed by atoms with E-state index in [4.69, 9.17) is 10.8 Å². The zero-order valence-corrected chi connectivity index (χ0v) is 6.53. The average Bonchev–Trinajstić information content (AvgIpc) is 2.03. The number of phenols is 1. The molecule has 3 N–H and O–H groups in total. The predicted molar refractivity (Wildman–Crippen MR) is 45.3 cm³/mol.